The quantitative estimate of drug-likeness (QED) is 0.883. The second-order valence-corrected chi connectivity index (χ2v) is 5.51. The summed E-state index contributed by atoms with van der Waals surface area (Å²) in [4.78, 5) is 4.60. The molecule has 0 bridgehead atoms. The minimum atomic E-state index is 0.176. The molecular weight excluding hydrogens is 244 g/mol. The van der Waals surface area contributed by atoms with Crippen LogP contribution in [0.2, 0.25) is 0 Å². The lowest BCUT2D eigenvalue weighted by Crippen LogP contribution is -2.25. The standard InChI is InChI=1S/C18H24N2/c1-5-8-19-18(17-15(4)7-6-9-20-17)16-11-13(2)10-14(3)12-16/h6-7,9-12,18-19H,5,8H2,1-4H3. The summed E-state index contributed by atoms with van der Waals surface area (Å²) in [5, 5.41) is 3.63. The molecule has 1 atom stereocenters. The maximum Gasteiger partial charge on any atom is 0.0754 e. The molecule has 0 saturated heterocycles. The first-order valence-electron chi connectivity index (χ1n) is 7.35. The Labute approximate surface area is 122 Å². The second-order valence-electron chi connectivity index (χ2n) is 5.51. The summed E-state index contributed by atoms with van der Waals surface area (Å²) < 4.78 is 0. The minimum absolute atomic E-state index is 0.176. The Kier molecular flexibility index (Phi) is 4.91. The van der Waals surface area contributed by atoms with Crippen molar-refractivity contribution in [2.45, 2.75) is 40.2 Å². The molecule has 1 aromatic heterocycles. The molecule has 0 spiro atoms. The predicted molar refractivity (Wildman–Crippen MR) is 85.0 cm³/mol. The van der Waals surface area contributed by atoms with Crippen molar-refractivity contribution in [3.8, 4) is 0 Å². The van der Waals surface area contributed by atoms with Gasteiger partial charge in [0.25, 0.3) is 0 Å². The van der Waals surface area contributed by atoms with Crippen molar-refractivity contribution in [1.82, 2.24) is 10.3 Å². The molecule has 2 rings (SSSR count). The highest BCUT2D eigenvalue weighted by atomic mass is 14.9. The van der Waals surface area contributed by atoms with Crippen LogP contribution in [0.5, 0.6) is 0 Å². The van der Waals surface area contributed by atoms with E-state index in [2.05, 4.69) is 62.3 Å². The first kappa shape index (κ1) is 14.7. The van der Waals surface area contributed by atoms with Crippen molar-refractivity contribution in [2.24, 2.45) is 0 Å². The van der Waals surface area contributed by atoms with Gasteiger partial charge in [0.05, 0.1) is 11.7 Å². The number of hydrogen-bond acceptors (Lipinski definition) is 2. The van der Waals surface area contributed by atoms with E-state index >= 15 is 0 Å². The molecule has 2 heteroatoms. The average molecular weight is 268 g/mol. The average Bonchev–Trinajstić information content (AvgIpc) is 2.40. The molecule has 1 N–H and O–H groups in total. The Balaban J connectivity index is 2.44. The smallest absolute Gasteiger partial charge is 0.0754 e. The largest absolute Gasteiger partial charge is 0.305 e. The molecule has 0 radical (unpaired) electrons. The van der Waals surface area contributed by atoms with Gasteiger partial charge in [0.1, 0.15) is 0 Å². The van der Waals surface area contributed by atoms with Crippen LogP contribution in [0.4, 0.5) is 0 Å². The van der Waals surface area contributed by atoms with E-state index in [1.165, 1.54) is 22.3 Å². The van der Waals surface area contributed by atoms with Crippen LogP contribution >= 0.6 is 0 Å². The van der Waals surface area contributed by atoms with Gasteiger partial charge in [0.15, 0.2) is 0 Å². The van der Waals surface area contributed by atoms with Crippen LogP contribution in [0.1, 0.15) is 47.3 Å². The van der Waals surface area contributed by atoms with Gasteiger partial charge in [0, 0.05) is 6.20 Å². The zero-order valence-corrected chi connectivity index (χ0v) is 12.9. The van der Waals surface area contributed by atoms with Crippen LogP contribution in [-0.2, 0) is 0 Å². The maximum atomic E-state index is 4.60. The Bertz CT molecular complexity index is 555. The van der Waals surface area contributed by atoms with Gasteiger partial charge in [-0.25, -0.2) is 0 Å². The summed E-state index contributed by atoms with van der Waals surface area (Å²) in [6, 6.07) is 11.0. The highest BCUT2D eigenvalue weighted by Gasteiger charge is 2.17. The van der Waals surface area contributed by atoms with E-state index in [9.17, 15) is 0 Å². The number of nitrogens with one attached hydrogen (secondary N) is 1. The van der Waals surface area contributed by atoms with Gasteiger partial charge in [0.2, 0.25) is 0 Å². The Morgan fingerprint density at radius 2 is 1.80 bits per heavy atom. The summed E-state index contributed by atoms with van der Waals surface area (Å²) in [5.74, 6) is 0. The Morgan fingerprint density at radius 3 is 2.40 bits per heavy atom. The predicted octanol–water partition coefficient (Wildman–Crippen LogP) is 4.10. The van der Waals surface area contributed by atoms with Crippen LogP contribution in [0.3, 0.4) is 0 Å². The third-order valence-electron chi connectivity index (χ3n) is 3.50. The molecule has 0 aliphatic carbocycles. The highest BCUT2D eigenvalue weighted by Crippen LogP contribution is 2.24. The second kappa shape index (κ2) is 6.67. The summed E-state index contributed by atoms with van der Waals surface area (Å²) in [7, 11) is 0. The van der Waals surface area contributed by atoms with E-state index in [0.29, 0.717) is 0 Å². The summed E-state index contributed by atoms with van der Waals surface area (Å²) in [6.45, 7) is 9.62. The molecule has 1 unspecified atom stereocenters. The molecule has 0 saturated carbocycles. The highest BCUT2D eigenvalue weighted by molar-refractivity contribution is 5.37. The normalized spacial score (nSPS) is 12.4. The van der Waals surface area contributed by atoms with Gasteiger partial charge in [-0.05, 0) is 50.9 Å². The Hall–Kier alpha value is -1.67. The number of hydrogen-bond donors (Lipinski definition) is 1. The van der Waals surface area contributed by atoms with Gasteiger partial charge in [-0.2, -0.15) is 0 Å². The fourth-order valence-electron chi connectivity index (χ4n) is 2.64. The maximum absolute atomic E-state index is 4.60. The molecule has 2 aromatic rings. The molecule has 106 valence electrons. The van der Waals surface area contributed by atoms with E-state index in [-0.39, 0.29) is 6.04 Å². The zero-order chi connectivity index (χ0) is 14.5. The van der Waals surface area contributed by atoms with Crippen LogP contribution in [0.25, 0.3) is 0 Å². The van der Waals surface area contributed by atoms with Gasteiger partial charge < -0.3 is 5.32 Å². The van der Waals surface area contributed by atoms with Crippen LogP contribution < -0.4 is 5.32 Å². The molecule has 1 aromatic carbocycles. The SMILES string of the molecule is CCCNC(c1cc(C)cc(C)c1)c1ncccc1C. The summed E-state index contributed by atoms with van der Waals surface area (Å²) >= 11 is 0. The number of pyridine rings is 1. The summed E-state index contributed by atoms with van der Waals surface area (Å²) in [5.41, 5.74) is 6.28. The molecule has 0 amide bonds. The summed E-state index contributed by atoms with van der Waals surface area (Å²) in [6.07, 6.45) is 3.00. The Morgan fingerprint density at radius 1 is 1.10 bits per heavy atom. The molecule has 0 fully saturated rings. The molecule has 2 nitrogen and oxygen atoms in total. The lowest BCUT2D eigenvalue weighted by Gasteiger charge is -2.21. The van der Waals surface area contributed by atoms with Crippen molar-refractivity contribution in [3.05, 3.63) is 64.5 Å². The minimum Gasteiger partial charge on any atom is -0.305 e. The molecule has 0 aliphatic rings. The third kappa shape index (κ3) is 3.45. The fraction of sp³-hybridized carbons (Fsp3) is 0.389. The first-order chi connectivity index (χ1) is 9.61. The monoisotopic (exact) mass is 268 g/mol. The number of nitrogens with zero attached hydrogens (tertiary/aromatic N) is 1. The lowest BCUT2D eigenvalue weighted by atomic mass is 9.96. The fourth-order valence-corrected chi connectivity index (χ4v) is 2.64. The number of rotatable bonds is 5. The van der Waals surface area contributed by atoms with Crippen molar-refractivity contribution in [2.75, 3.05) is 6.54 Å². The van der Waals surface area contributed by atoms with E-state index < -0.39 is 0 Å². The van der Waals surface area contributed by atoms with Crippen molar-refractivity contribution >= 4 is 0 Å². The van der Waals surface area contributed by atoms with Crippen LogP contribution in [0, 0.1) is 20.8 Å². The van der Waals surface area contributed by atoms with Crippen LogP contribution in [-0.4, -0.2) is 11.5 Å². The van der Waals surface area contributed by atoms with Gasteiger partial charge >= 0.3 is 0 Å². The number of benzene rings is 1. The number of aromatic nitrogens is 1. The molecule has 0 aliphatic heterocycles. The van der Waals surface area contributed by atoms with E-state index in [1.54, 1.807) is 0 Å². The number of aryl methyl sites for hydroxylation is 3. The molecular formula is C18H24N2. The topological polar surface area (TPSA) is 24.9 Å². The van der Waals surface area contributed by atoms with Gasteiger partial charge in [-0.1, -0.05) is 42.3 Å². The van der Waals surface area contributed by atoms with E-state index in [0.717, 1.165) is 18.7 Å². The van der Waals surface area contributed by atoms with Gasteiger partial charge in [-0.15, -0.1) is 0 Å². The van der Waals surface area contributed by atoms with Gasteiger partial charge in [-0.3, -0.25) is 4.98 Å². The van der Waals surface area contributed by atoms with Crippen molar-refractivity contribution in [1.29, 1.82) is 0 Å². The zero-order valence-electron chi connectivity index (χ0n) is 12.9. The molecule has 1 heterocycles. The lowest BCUT2D eigenvalue weighted by molar-refractivity contribution is 0.583. The van der Waals surface area contributed by atoms with E-state index in [1.807, 2.05) is 12.3 Å². The molecule has 20 heavy (non-hydrogen) atoms. The van der Waals surface area contributed by atoms with E-state index in [4.69, 9.17) is 0 Å². The first-order valence-corrected chi connectivity index (χ1v) is 7.35. The van der Waals surface area contributed by atoms with Crippen molar-refractivity contribution in [3.63, 3.8) is 0 Å². The third-order valence-corrected chi connectivity index (χ3v) is 3.50. The van der Waals surface area contributed by atoms with Crippen molar-refractivity contribution < 1.29 is 0 Å². The van der Waals surface area contributed by atoms with Crippen LogP contribution in [0.15, 0.2) is 36.5 Å².